The van der Waals surface area contributed by atoms with E-state index in [-0.39, 0.29) is 22.0 Å². The Morgan fingerprint density at radius 3 is 2.74 bits per heavy atom. The largest absolute Gasteiger partial charge is 0.481 e. The maximum Gasteiger partial charge on any atom is 0.281 e. The summed E-state index contributed by atoms with van der Waals surface area (Å²) in [4.78, 5) is 14.0. The molecule has 0 atom stereocenters. The van der Waals surface area contributed by atoms with Crippen LogP contribution in [0, 0.1) is 6.92 Å². The average Bonchev–Trinajstić information content (AvgIpc) is 2.75. The summed E-state index contributed by atoms with van der Waals surface area (Å²) in [5.74, 6) is 0.445. The highest BCUT2D eigenvalue weighted by atomic mass is 35.5. The fourth-order valence-corrected chi connectivity index (χ4v) is 2.35. The summed E-state index contributed by atoms with van der Waals surface area (Å²) in [6.07, 6.45) is 1.19. The lowest BCUT2D eigenvalue weighted by Crippen LogP contribution is -2.15. The van der Waals surface area contributed by atoms with Crippen molar-refractivity contribution >= 4 is 27.6 Å². The number of hydrogen-bond donors (Lipinski definition) is 2. The van der Waals surface area contributed by atoms with Gasteiger partial charge in [0.2, 0.25) is 11.8 Å². The number of nitrogens with zero attached hydrogens (tertiary/aromatic N) is 3. The molecule has 2 rings (SSSR count). The molecule has 8 nitrogen and oxygen atoms in total. The van der Waals surface area contributed by atoms with Crippen LogP contribution in [0.4, 0.5) is 5.95 Å². The molecule has 2 N–H and O–H groups in total. The number of H-pyrrole nitrogens is 1. The number of rotatable bonds is 4. The van der Waals surface area contributed by atoms with Gasteiger partial charge in [0.15, 0.2) is 5.03 Å². The fourth-order valence-electron chi connectivity index (χ4n) is 1.26. The van der Waals surface area contributed by atoms with E-state index in [9.17, 15) is 8.42 Å². The van der Waals surface area contributed by atoms with Crippen LogP contribution in [0.5, 0.6) is 5.88 Å². The van der Waals surface area contributed by atoms with Gasteiger partial charge in [-0.3, -0.25) is 0 Å². The van der Waals surface area contributed by atoms with Crippen LogP contribution in [-0.2, 0) is 10.0 Å². The molecule has 0 aliphatic rings. The average molecular weight is 304 g/mol. The number of methoxy groups -OCH3 is 1. The Morgan fingerprint density at radius 1 is 1.42 bits per heavy atom. The monoisotopic (exact) mass is 303 g/mol. The topological polar surface area (TPSA) is 110 Å². The van der Waals surface area contributed by atoms with E-state index in [0.29, 0.717) is 5.82 Å². The normalized spacial score (nSPS) is 11.3. The first kappa shape index (κ1) is 13.6. The smallest absolute Gasteiger partial charge is 0.281 e. The first-order valence-corrected chi connectivity index (χ1v) is 6.90. The molecule has 0 amide bonds. The lowest BCUT2D eigenvalue weighted by atomic mass is 10.6. The van der Waals surface area contributed by atoms with E-state index in [1.54, 1.807) is 6.92 Å². The van der Waals surface area contributed by atoms with Gasteiger partial charge in [0.25, 0.3) is 10.0 Å². The Hall–Kier alpha value is -1.87. The highest BCUT2D eigenvalue weighted by molar-refractivity contribution is 7.92. The van der Waals surface area contributed by atoms with Crippen LogP contribution in [0.25, 0.3) is 0 Å². The van der Waals surface area contributed by atoms with E-state index in [1.807, 2.05) is 0 Å². The van der Waals surface area contributed by atoms with Gasteiger partial charge in [0, 0.05) is 6.07 Å². The van der Waals surface area contributed by atoms with Crippen molar-refractivity contribution in [2.75, 3.05) is 11.8 Å². The molecule has 2 aromatic rings. The number of aromatic nitrogens is 4. The molecule has 2 heterocycles. The van der Waals surface area contributed by atoms with E-state index in [4.69, 9.17) is 16.3 Å². The molecule has 102 valence electrons. The number of aromatic amines is 1. The maximum atomic E-state index is 12.0. The molecule has 0 fully saturated rings. The van der Waals surface area contributed by atoms with E-state index >= 15 is 0 Å². The van der Waals surface area contributed by atoms with Gasteiger partial charge in [-0.1, -0.05) is 11.6 Å². The highest BCUT2D eigenvalue weighted by Gasteiger charge is 2.18. The number of anilines is 1. The third kappa shape index (κ3) is 3.12. The van der Waals surface area contributed by atoms with Crippen LogP contribution in [-0.4, -0.2) is 35.5 Å². The first-order valence-electron chi connectivity index (χ1n) is 5.04. The molecule has 0 spiro atoms. The van der Waals surface area contributed by atoms with E-state index in [1.165, 1.54) is 19.4 Å². The van der Waals surface area contributed by atoms with E-state index in [2.05, 4.69) is 24.7 Å². The van der Waals surface area contributed by atoms with Gasteiger partial charge in [-0.05, 0) is 6.92 Å². The standard InChI is InChI=1S/C9H10ClN5O3S/c1-5-11-4-8(12-5)19(16,17)15-9-13-6(10)3-7(14-9)18-2/h3-4H,1-2H3,(H,11,12)(H,13,14,15). The van der Waals surface area contributed by atoms with Crippen molar-refractivity contribution in [3.05, 3.63) is 23.2 Å². The van der Waals surface area contributed by atoms with E-state index < -0.39 is 10.0 Å². The molecule has 0 saturated carbocycles. The van der Waals surface area contributed by atoms with Gasteiger partial charge in [0.1, 0.15) is 11.0 Å². The van der Waals surface area contributed by atoms with Crippen LogP contribution in [0.2, 0.25) is 5.15 Å². The number of aryl methyl sites for hydroxylation is 1. The second kappa shape index (κ2) is 5.02. The van der Waals surface area contributed by atoms with Gasteiger partial charge in [0.05, 0.1) is 13.3 Å². The molecule has 10 heteroatoms. The van der Waals surface area contributed by atoms with Crippen molar-refractivity contribution in [1.29, 1.82) is 0 Å². The number of halogens is 1. The number of nitrogens with one attached hydrogen (secondary N) is 2. The molecule has 0 bridgehead atoms. The summed E-state index contributed by atoms with van der Waals surface area (Å²) in [7, 11) is -2.46. The SMILES string of the molecule is COc1cc(Cl)nc(NS(=O)(=O)c2cnc(C)[nH]2)n1. The molecule has 0 saturated heterocycles. The van der Waals surface area contributed by atoms with Crippen molar-refractivity contribution in [2.45, 2.75) is 11.9 Å². The van der Waals surface area contributed by atoms with Crippen LogP contribution in [0.3, 0.4) is 0 Å². The molecule has 0 unspecified atom stereocenters. The van der Waals surface area contributed by atoms with Crippen molar-refractivity contribution in [3.8, 4) is 5.88 Å². The van der Waals surface area contributed by atoms with E-state index in [0.717, 1.165) is 0 Å². The van der Waals surface area contributed by atoms with Gasteiger partial charge in [-0.2, -0.15) is 13.4 Å². The zero-order valence-electron chi connectivity index (χ0n) is 10.0. The summed E-state index contributed by atoms with van der Waals surface area (Å²) in [5, 5.41) is -0.0297. The molecule has 0 aromatic carbocycles. The third-order valence-electron chi connectivity index (χ3n) is 2.08. The lowest BCUT2D eigenvalue weighted by molar-refractivity contribution is 0.397. The number of imidazole rings is 1. The minimum atomic E-state index is -3.84. The zero-order chi connectivity index (χ0) is 14.0. The minimum Gasteiger partial charge on any atom is -0.481 e. The minimum absolute atomic E-state index is 0.0605. The van der Waals surface area contributed by atoms with Gasteiger partial charge < -0.3 is 9.72 Å². The van der Waals surface area contributed by atoms with Gasteiger partial charge in [-0.25, -0.2) is 14.7 Å². The molecular formula is C9H10ClN5O3S. The summed E-state index contributed by atoms with van der Waals surface area (Å²) in [6, 6.07) is 1.36. The van der Waals surface area contributed by atoms with Gasteiger partial charge in [-0.15, -0.1) is 0 Å². The molecule has 2 aromatic heterocycles. The quantitative estimate of drug-likeness (QED) is 0.814. The lowest BCUT2D eigenvalue weighted by Gasteiger charge is -2.06. The Morgan fingerprint density at radius 2 is 2.16 bits per heavy atom. The van der Waals surface area contributed by atoms with Crippen LogP contribution in [0.15, 0.2) is 17.3 Å². The third-order valence-corrected chi connectivity index (χ3v) is 3.51. The molecule has 0 radical (unpaired) electrons. The second-order valence-electron chi connectivity index (χ2n) is 3.49. The summed E-state index contributed by atoms with van der Waals surface area (Å²) in [5.41, 5.74) is 0. The van der Waals surface area contributed by atoms with Gasteiger partial charge >= 0.3 is 0 Å². The van der Waals surface area contributed by atoms with Crippen molar-refractivity contribution in [1.82, 2.24) is 19.9 Å². The Kier molecular flexibility index (Phi) is 3.58. The molecule has 0 aliphatic carbocycles. The first-order chi connectivity index (χ1) is 8.90. The second-order valence-corrected chi connectivity index (χ2v) is 5.53. The maximum absolute atomic E-state index is 12.0. The number of ether oxygens (including phenoxy) is 1. The zero-order valence-corrected chi connectivity index (χ0v) is 11.6. The Labute approximate surface area is 114 Å². The summed E-state index contributed by atoms with van der Waals surface area (Å²) < 4.78 is 31.0. The molecular weight excluding hydrogens is 294 g/mol. The predicted octanol–water partition coefficient (Wildman–Crippen LogP) is 0.971. The number of sulfonamides is 1. The fraction of sp³-hybridized carbons (Fsp3) is 0.222. The van der Waals surface area contributed by atoms with Crippen LogP contribution >= 0.6 is 11.6 Å². The van der Waals surface area contributed by atoms with Crippen molar-refractivity contribution < 1.29 is 13.2 Å². The predicted molar refractivity (Wildman–Crippen MR) is 67.7 cm³/mol. The van der Waals surface area contributed by atoms with Crippen LogP contribution < -0.4 is 9.46 Å². The van der Waals surface area contributed by atoms with Crippen LogP contribution in [0.1, 0.15) is 5.82 Å². The molecule has 19 heavy (non-hydrogen) atoms. The highest BCUT2D eigenvalue weighted by Crippen LogP contribution is 2.18. The van der Waals surface area contributed by atoms with Crippen molar-refractivity contribution in [2.24, 2.45) is 0 Å². The Balaban J connectivity index is 2.32. The molecule has 0 aliphatic heterocycles. The van der Waals surface area contributed by atoms with Crippen molar-refractivity contribution in [3.63, 3.8) is 0 Å². The Bertz CT molecular complexity index is 700. The number of hydrogen-bond acceptors (Lipinski definition) is 6. The summed E-state index contributed by atoms with van der Waals surface area (Å²) in [6.45, 7) is 1.64. The summed E-state index contributed by atoms with van der Waals surface area (Å²) >= 11 is 5.72.